The van der Waals surface area contributed by atoms with Crippen LogP contribution >= 0.6 is 0 Å². The number of esters is 1. The highest BCUT2D eigenvalue weighted by molar-refractivity contribution is 6.04. The number of hydrogen-bond donors (Lipinski definition) is 2. The molecule has 7 heteroatoms. The van der Waals surface area contributed by atoms with Crippen molar-refractivity contribution >= 4 is 23.5 Å². The lowest BCUT2D eigenvalue weighted by molar-refractivity contribution is -0.153. The van der Waals surface area contributed by atoms with Gasteiger partial charge in [0.1, 0.15) is 5.75 Å². The molecule has 1 aliphatic carbocycles. The standard InChI is InChI=1S/C23H26N2O5/c1-16(30-18-11-3-2-4-12-18)23(28)29-15-21(26)25-20-14-8-7-13-19(20)22(27)24-17-9-5-6-10-17/h2-4,7-8,11-14,16-17H,5-6,9-10,15H2,1H3,(H,24,27)(H,25,26)/t16-/m1/s1. The van der Waals surface area contributed by atoms with Crippen LogP contribution < -0.4 is 15.4 Å². The number of anilines is 1. The van der Waals surface area contributed by atoms with Crippen molar-refractivity contribution in [2.45, 2.75) is 44.8 Å². The topological polar surface area (TPSA) is 93.7 Å². The average Bonchev–Trinajstić information content (AvgIpc) is 3.26. The van der Waals surface area contributed by atoms with Gasteiger partial charge in [0, 0.05) is 6.04 Å². The Morgan fingerprint density at radius 1 is 1.00 bits per heavy atom. The first kappa shape index (κ1) is 21.4. The molecule has 1 aliphatic rings. The van der Waals surface area contributed by atoms with E-state index in [1.54, 1.807) is 55.5 Å². The van der Waals surface area contributed by atoms with Gasteiger partial charge in [0.25, 0.3) is 11.8 Å². The third-order valence-electron chi connectivity index (χ3n) is 4.87. The van der Waals surface area contributed by atoms with E-state index in [2.05, 4.69) is 10.6 Å². The summed E-state index contributed by atoms with van der Waals surface area (Å²) in [6.07, 6.45) is 3.31. The zero-order chi connectivity index (χ0) is 21.3. The molecule has 2 N–H and O–H groups in total. The Kier molecular flexibility index (Phi) is 7.43. The van der Waals surface area contributed by atoms with Gasteiger partial charge < -0.3 is 20.1 Å². The molecule has 1 atom stereocenters. The van der Waals surface area contributed by atoms with Crippen molar-refractivity contribution in [3.05, 3.63) is 60.2 Å². The predicted molar refractivity (Wildman–Crippen MR) is 112 cm³/mol. The van der Waals surface area contributed by atoms with Crippen LogP contribution in [0, 0.1) is 0 Å². The van der Waals surface area contributed by atoms with E-state index in [1.807, 2.05) is 6.07 Å². The van der Waals surface area contributed by atoms with E-state index in [4.69, 9.17) is 9.47 Å². The molecule has 0 heterocycles. The molecule has 0 saturated heterocycles. The van der Waals surface area contributed by atoms with Gasteiger partial charge in [0.15, 0.2) is 12.7 Å². The van der Waals surface area contributed by atoms with Crippen LogP contribution in [-0.2, 0) is 14.3 Å². The molecular weight excluding hydrogens is 384 g/mol. The van der Waals surface area contributed by atoms with Crippen molar-refractivity contribution in [1.82, 2.24) is 5.32 Å². The van der Waals surface area contributed by atoms with E-state index >= 15 is 0 Å². The van der Waals surface area contributed by atoms with Crippen LogP contribution in [0.4, 0.5) is 5.69 Å². The molecule has 2 aromatic carbocycles. The Morgan fingerprint density at radius 2 is 1.67 bits per heavy atom. The fourth-order valence-corrected chi connectivity index (χ4v) is 3.32. The van der Waals surface area contributed by atoms with Gasteiger partial charge in [-0.15, -0.1) is 0 Å². The highest BCUT2D eigenvalue weighted by Gasteiger charge is 2.21. The number of para-hydroxylation sites is 2. The summed E-state index contributed by atoms with van der Waals surface area (Å²) < 4.78 is 10.5. The molecule has 2 aromatic rings. The monoisotopic (exact) mass is 410 g/mol. The summed E-state index contributed by atoms with van der Waals surface area (Å²) in [5.41, 5.74) is 0.757. The lowest BCUT2D eigenvalue weighted by atomic mass is 10.1. The first-order chi connectivity index (χ1) is 14.5. The molecule has 158 valence electrons. The van der Waals surface area contributed by atoms with Crippen molar-refractivity contribution in [2.24, 2.45) is 0 Å². The third kappa shape index (κ3) is 6.07. The van der Waals surface area contributed by atoms with Crippen molar-refractivity contribution in [3.63, 3.8) is 0 Å². The zero-order valence-electron chi connectivity index (χ0n) is 16.9. The maximum atomic E-state index is 12.6. The fraction of sp³-hybridized carbons (Fsp3) is 0.348. The second-order valence-corrected chi connectivity index (χ2v) is 7.23. The van der Waals surface area contributed by atoms with Crippen LogP contribution in [0.5, 0.6) is 5.75 Å². The van der Waals surface area contributed by atoms with Crippen molar-refractivity contribution in [3.8, 4) is 5.75 Å². The molecule has 0 spiro atoms. The molecule has 0 radical (unpaired) electrons. The SMILES string of the molecule is C[C@@H](Oc1ccccc1)C(=O)OCC(=O)Nc1ccccc1C(=O)NC1CCCC1. The van der Waals surface area contributed by atoms with Crippen LogP contribution in [0.2, 0.25) is 0 Å². The lowest BCUT2D eigenvalue weighted by Gasteiger charge is -2.16. The first-order valence-electron chi connectivity index (χ1n) is 10.1. The van der Waals surface area contributed by atoms with E-state index in [0.29, 0.717) is 17.0 Å². The number of carbonyl (C=O) groups is 3. The Hall–Kier alpha value is -3.35. The summed E-state index contributed by atoms with van der Waals surface area (Å²) in [7, 11) is 0. The van der Waals surface area contributed by atoms with E-state index < -0.39 is 24.6 Å². The number of hydrogen-bond acceptors (Lipinski definition) is 5. The maximum Gasteiger partial charge on any atom is 0.347 e. The van der Waals surface area contributed by atoms with E-state index in [1.165, 1.54) is 0 Å². The van der Waals surface area contributed by atoms with Crippen LogP contribution in [0.25, 0.3) is 0 Å². The number of carbonyl (C=O) groups excluding carboxylic acids is 3. The minimum absolute atomic E-state index is 0.174. The number of amides is 2. The number of nitrogens with one attached hydrogen (secondary N) is 2. The van der Waals surface area contributed by atoms with Crippen LogP contribution in [0.1, 0.15) is 43.0 Å². The van der Waals surface area contributed by atoms with Gasteiger partial charge >= 0.3 is 5.97 Å². The highest BCUT2D eigenvalue weighted by Crippen LogP contribution is 2.20. The molecule has 0 aromatic heterocycles. The summed E-state index contributed by atoms with van der Waals surface area (Å²) in [6.45, 7) is 1.08. The Balaban J connectivity index is 1.51. The van der Waals surface area contributed by atoms with Crippen LogP contribution in [-0.4, -0.2) is 36.5 Å². The van der Waals surface area contributed by atoms with Gasteiger partial charge in [-0.2, -0.15) is 0 Å². The molecule has 30 heavy (non-hydrogen) atoms. The summed E-state index contributed by atoms with van der Waals surface area (Å²) in [4.78, 5) is 36.9. The van der Waals surface area contributed by atoms with Gasteiger partial charge in [0.2, 0.25) is 0 Å². The molecule has 0 aliphatic heterocycles. The molecule has 1 fully saturated rings. The quantitative estimate of drug-likeness (QED) is 0.651. The first-order valence-corrected chi connectivity index (χ1v) is 10.1. The lowest BCUT2D eigenvalue weighted by Crippen LogP contribution is -2.33. The van der Waals surface area contributed by atoms with Crippen molar-refractivity contribution in [1.29, 1.82) is 0 Å². The van der Waals surface area contributed by atoms with E-state index in [0.717, 1.165) is 25.7 Å². The van der Waals surface area contributed by atoms with Gasteiger partial charge in [-0.3, -0.25) is 9.59 Å². The molecule has 2 amide bonds. The van der Waals surface area contributed by atoms with Gasteiger partial charge in [-0.25, -0.2) is 4.79 Å². The normalized spacial score (nSPS) is 14.6. The Morgan fingerprint density at radius 3 is 2.40 bits per heavy atom. The largest absolute Gasteiger partial charge is 0.479 e. The molecule has 7 nitrogen and oxygen atoms in total. The van der Waals surface area contributed by atoms with Gasteiger partial charge in [-0.1, -0.05) is 43.2 Å². The smallest absolute Gasteiger partial charge is 0.347 e. The molecule has 1 saturated carbocycles. The van der Waals surface area contributed by atoms with Crippen molar-refractivity contribution in [2.75, 3.05) is 11.9 Å². The van der Waals surface area contributed by atoms with Gasteiger partial charge in [-0.05, 0) is 44.0 Å². The van der Waals surface area contributed by atoms with Crippen LogP contribution in [0.15, 0.2) is 54.6 Å². The van der Waals surface area contributed by atoms with Crippen molar-refractivity contribution < 1.29 is 23.9 Å². The van der Waals surface area contributed by atoms with E-state index in [9.17, 15) is 14.4 Å². The Labute approximate surface area is 175 Å². The van der Waals surface area contributed by atoms with E-state index in [-0.39, 0.29) is 11.9 Å². The number of benzene rings is 2. The minimum Gasteiger partial charge on any atom is -0.479 e. The fourth-order valence-electron chi connectivity index (χ4n) is 3.32. The minimum atomic E-state index is -0.857. The summed E-state index contributed by atoms with van der Waals surface area (Å²) in [6, 6.07) is 15.8. The zero-order valence-corrected chi connectivity index (χ0v) is 16.9. The Bertz CT molecular complexity index is 878. The number of rotatable bonds is 8. The average molecular weight is 410 g/mol. The maximum absolute atomic E-state index is 12.6. The molecule has 3 rings (SSSR count). The molecular formula is C23H26N2O5. The summed E-state index contributed by atoms with van der Waals surface area (Å²) in [5.74, 6) is -0.870. The second-order valence-electron chi connectivity index (χ2n) is 7.23. The molecule has 0 bridgehead atoms. The number of ether oxygens (including phenoxy) is 2. The molecule has 0 unspecified atom stereocenters. The predicted octanol–water partition coefficient (Wildman–Crippen LogP) is 3.31. The van der Waals surface area contributed by atoms with Gasteiger partial charge in [0.05, 0.1) is 11.3 Å². The summed E-state index contributed by atoms with van der Waals surface area (Å²) >= 11 is 0. The highest BCUT2D eigenvalue weighted by atomic mass is 16.6. The van der Waals surface area contributed by atoms with Crippen LogP contribution in [0.3, 0.4) is 0 Å². The third-order valence-corrected chi connectivity index (χ3v) is 4.87. The summed E-state index contributed by atoms with van der Waals surface area (Å²) in [5, 5.41) is 5.65. The second kappa shape index (κ2) is 10.4.